The number of sulfonamides is 1. The van der Waals surface area contributed by atoms with Gasteiger partial charge in [-0.05, 0) is 57.2 Å². The summed E-state index contributed by atoms with van der Waals surface area (Å²) in [4.78, 5) is 15.2. The van der Waals surface area contributed by atoms with Gasteiger partial charge in [0, 0.05) is 38.1 Å². The maximum Gasteiger partial charge on any atom is 0.267 e. The summed E-state index contributed by atoms with van der Waals surface area (Å²) >= 11 is 0. The lowest BCUT2D eigenvalue weighted by Crippen LogP contribution is -2.30. The average molecular weight is 409 g/mol. The topological polar surface area (TPSA) is 74.7 Å². The van der Waals surface area contributed by atoms with Gasteiger partial charge in [-0.15, -0.1) is 0 Å². The quantitative estimate of drug-likeness (QED) is 0.613. The molecule has 0 saturated carbocycles. The van der Waals surface area contributed by atoms with Gasteiger partial charge in [0.15, 0.2) is 0 Å². The van der Waals surface area contributed by atoms with Gasteiger partial charge >= 0.3 is 0 Å². The molecule has 0 aliphatic rings. The molecule has 0 unspecified atom stereocenters. The predicted molar refractivity (Wildman–Crippen MR) is 113 cm³/mol. The van der Waals surface area contributed by atoms with Crippen molar-refractivity contribution in [2.75, 3.05) is 40.3 Å². The zero-order valence-electron chi connectivity index (χ0n) is 17.5. The normalized spacial score (nSPS) is 12.2. The molecule has 28 heavy (non-hydrogen) atoms. The van der Waals surface area contributed by atoms with Gasteiger partial charge in [-0.25, -0.2) is 12.7 Å². The van der Waals surface area contributed by atoms with Crippen LogP contribution in [-0.4, -0.2) is 68.4 Å². The summed E-state index contributed by atoms with van der Waals surface area (Å²) in [5.41, 5.74) is 1.41. The summed E-state index contributed by atoms with van der Waals surface area (Å²) < 4.78 is 27.9. The van der Waals surface area contributed by atoms with Gasteiger partial charge in [0.1, 0.15) is 5.69 Å². The number of amides is 1. The van der Waals surface area contributed by atoms with Gasteiger partial charge in [0.25, 0.3) is 5.91 Å². The molecule has 156 valence electrons. The lowest BCUT2D eigenvalue weighted by Gasteiger charge is -2.17. The molecule has 0 bridgehead atoms. The number of benzene rings is 1. The lowest BCUT2D eigenvalue weighted by molar-refractivity contribution is 0.0943. The third-order valence-corrected chi connectivity index (χ3v) is 6.84. The second-order valence-corrected chi connectivity index (χ2v) is 9.07. The molecule has 0 radical (unpaired) electrons. The number of carbonyl (C=O) groups is 1. The number of carbonyl (C=O) groups excluding carboxylic acids is 1. The van der Waals surface area contributed by atoms with Gasteiger partial charge < -0.3 is 14.8 Å². The fourth-order valence-corrected chi connectivity index (χ4v) is 4.22. The molecule has 1 aromatic heterocycles. The lowest BCUT2D eigenvalue weighted by atomic mass is 10.2. The van der Waals surface area contributed by atoms with E-state index >= 15 is 0 Å². The molecule has 2 rings (SSSR count). The van der Waals surface area contributed by atoms with E-state index in [1.165, 1.54) is 18.4 Å². The van der Waals surface area contributed by atoms with E-state index in [0.29, 0.717) is 18.8 Å². The van der Waals surface area contributed by atoms with E-state index in [4.69, 9.17) is 0 Å². The first-order valence-electron chi connectivity index (χ1n) is 9.82. The van der Waals surface area contributed by atoms with E-state index < -0.39 is 10.0 Å². The summed E-state index contributed by atoms with van der Waals surface area (Å²) in [5, 5.41) is 3.74. The number of hydrogen-bond acceptors (Lipinski definition) is 4. The van der Waals surface area contributed by atoms with Crippen LogP contribution >= 0.6 is 0 Å². The largest absolute Gasteiger partial charge is 0.351 e. The Morgan fingerprint density at radius 1 is 1.11 bits per heavy atom. The van der Waals surface area contributed by atoms with E-state index in [9.17, 15) is 13.2 Å². The van der Waals surface area contributed by atoms with E-state index in [0.717, 1.165) is 37.0 Å². The van der Waals surface area contributed by atoms with Crippen molar-refractivity contribution in [2.45, 2.75) is 38.6 Å². The third-order valence-electron chi connectivity index (χ3n) is 5.03. The molecule has 1 aromatic carbocycles. The van der Waals surface area contributed by atoms with Gasteiger partial charge in [0.2, 0.25) is 10.0 Å². The molecule has 8 heteroatoms. The number of aromatic nitrogens is 1. The highest BCUT2D eigenvalue weighted by Gasteiger charge is 2.20. The summed E-state index contributed by atoms with van der Waals surface area (Å²) in [6, 6.07) is 6.77. The molecule has 0 aliphatic carbocycles. The Bertz CT molecular complexity index is 915. The molecule has 7 nitrogen and oxygen atoms in total. The highest BCUT2D eigenvalue weighted by molar-refractivity contribution is 7.89. The van der Waals surface area contributed by atoms with Crippen molar-refractivity contribution in [3.63, 3.8) is 0 Å². The van der Waals surface area contributed by atoms with Crippen LogP contribution in [0.3, 0.4) is 0 Å². The van der Waals surface area contributed by atoms with E-state index in [2.05, 4.69) is 24.1 Å². The fourth-order valence-electron chi connectivity index (χ4n) is 3.28. The Hall–Kier alpha value is -1.90. The Kier molecular flexibility index (Phi) is 7.63. The highest BCUT2D eigenvalue weighted by atomic mass is 32.2. The van der Waals surface area contributed by atoms with Gasteiger partial charge in [-0.3, -0.25) is 4.79 Å². The molecule has 0 saturated heterocycles. The number of aryl methyl sites for hydroxylation is 1. The van der Waals surface area contributed by atoms with Crippen molar-refractivity contribution >= 4 is 26.8 Å². The highest BCUT2D eigenvalue weighted by Crippen LogP contribution is 2.24. The molecule has 0 spiro atoms. The first-order valence-corrected chi connectivity index (χ1v) is 11.3. The van der Waals surface area contributed by atoms with Crippen molar-refractivity contribution in [3.05, 3.63) is 30.0 Å². The molecule has 0 aliphatic heterocycles. The Morgan fingerprint density at radius 2 is 1.79 bits per heavy atom. The fraction of sp³-hybridized carbons (Fsp3) is 0.550. The zero-order valence-corrected chi connectivity index (χ0v) is 18.3. The Labute approximate surface area is 168 Å². The van der Waals surface area contributed by atoms with Crippen LogP contribution in [-0.2, 0) is 16.6 Å². The van der Waals surface area contributed by atoms with Gasteiger partial charge in [0.05, 0.1) is 4.90 Å². The molecule has 2 aromatic rings. The first-order chi connectivity index (χ1) is 13.3. The Morgan fingerprint density at radius 3 is 2.36 bits per heavy atom. The van der Waals surface area contributed by atoms with Crippen LogP contribution < -0.4 is 5.32 Å². The minimum atomic E-state index is -3.51. The number of fused-ring (bicyclic) bond motifs is 1. The van der Waals surface area contributed by atoms with E-state index in [-0.39, 0.29) is 10.8 Å². The summed E-state index contributed by atoms with van der Waals surface area (Å²) in [7, 11) is -0.495. The molecule has 1 N–H and O–H groups in total. The predicted octanol–water partition coefficient (Wildman–Crippen LogP) is 2.37. The maximum absolute atomic E-state index is 12.7. The second kappa shape index (κ2) is 9.54. The van der Waals surface area contributed by atoms with Crippen molar-refractivity contribution in [1.29, 1.82) is 0 Å². The van der Waals surface area contributed by atoms with Crippen molar-refractivity contribution in [3.8, 4) is 0 Å². The third kappa shape index (κ3) is 4.74. The molecular weight excluding hydrogens is 376 g/mol. The van der Waals surface area contributed by atoms with Crippen molar-refractivity contribution in [2.24, 2.45) is 0 Å². The van der Waals surface area contributed by atoms with Crippen LogP contribution in [0.2, 0.25) is 0 Å². The smallest absolute Gasteiger partial charge is 0.267 e. The molecule has 0 atom stereocenters. The average Bonchev–Trinajstić information content (AvgIpc) is 3.05. The minimum absolute atomic E-state index is 0.130. The maximum atomic E-state index is 12.7. The first kappa shape index (κ1) is 22.4. The molecule has 1 heterocycles. The SMILES string of the molecule is CCN(CC)CCCNC(=O)c1cc2cc(S(=O)(=O)N(C)C)ccc2n1CC. The van der Waals surface area contributed by atoms with Crippen LogP contribution in [0.25, 0.3) is 10.9 Å². The molecule has 0 fully saturated rings. The van der Waals surface area contributed by atoms with Crippen LogP contribution in [0.1, 0.15) is 37.7 Å². The van der Waals surface area contributed by atoms with Crippen LogP contribution in [0.4, 0.5) is 0 Å². The van der Waals surface area contributed by atoms with Crippen LogP contribution in [0, 0.1) is 0 Å². The number of nitrogens with one attached hydrogen (secondary N) is 1. The number of hydrogen-bond donors (Lipinski definition) is 1. The van der Waals surface area contributed by atoms with Crippen molar-refractivity contribution < 1.29 is 13.2 Å². The summed E-state index contributed by atoms with van der Waals surface area (Å²) in [6.45, 7) is 10.4. The number of nitrogens with zero attached hydrogens (tertiary/aromatic N) is 3. The summed E-state index contributed by atoms with van der Waals surface area (Å²) in [6.07, 6.45) is 0.894. The van der Waals surface area contributed by atoms with Crippen molar-refractivity contribution in [1.82, 2.24) is 19.1 Å². The zero-order chi connectivity index (χ0) is 20.9. The van der Waals surface area contributed by atoms with Crippen LogP contribution in [0.5, 0.6) is 0 Å². The number of rotatable bonds is 10. The van der Waals surface area contributed by atoms with Gasteiger partial charge in [-0.2, -0.15) is 0 Å². The molecular formula is C20H32N4O3S. The van der Waals surface area contributed by atoms with E-state index in [1.807, 2.05) is 11.5 Å². The van der Waals surface area contributed by atoms with Gasteiger partial charge in [-0.1, -0.05) is 13.8 Å². The second-order valence-electron chi connectivity index (χ2n) is 6.92. The Balaban J connectivity index is 2.21. The van der Waals surface area contributed by atoms with E-state index in [1.54, 1.807) is 24.3 Å². The monoisotopic (exact) mass is 408 g/mol. The van der Waals surface area contributed by atoms with Crippen LogP contribution in [0.15, 0.2) is 29.2 Å². The molecule has 1 amide bonds. The summed E-state index contributed by atoms with van der Waals surface area (Å²) in [5.74, 6) is -0.130. The standard InChI is InChI=1S/C20H32N4O3S/c1-6-23(7-2)13-9-12-21-20(25)19-15-16-14-17(28(26,27)22(4)5)10-11-18(16)24(19)8-3/h10-11,14-15H,6-9,12-13H2,1-5H3,(H,21,25). The minimum Gasteiger partial charge on any atom is -0.351 e.